The third kappa shape index (κ3) is 9.95. The monoisotopic (exact) mass is 622 g/mol. The molecule has 6 bridgehead atoms. The molecule has 1 aromatic carbocycles. The van der Waals surface area contributed by atoms with Gasteiger partial charge < -0.3 is 30.9 Å². The van der Waals surface area contributed by atoms with Crippen molar-refractivity contribution in [2.45, 2.75) is 60.3 Å². The molecular formula is C36H46N8O2. The largest absolute Gasteiger partial charge is 0.426 e. The first kappa shape index (κ1) is 33.8. The predicted octanol–water partition coefficient (Wildman–Crippen LogP) is 7.27. The zero-order valence-corrected chi connectivity index (χ0v) is 27.6. The van der Waals surface area contributed by atoms with Crippen molar-refractivity contribution in [1.29, 1.82) is 0 Å². The molecule has 1 amide bonds. The topological polar surface area (TPSA) is 116 Å². The van der Waals surface area contributed by atoms with E-state index in [0.29, 0.717) is 5.95 Å². The molecule has 3 aromatic rings. The Balaban J connectivity index is 0.000000215. The van der Waals surface area contributed by atoms with Crippen molar-refractivity contribution in [3.63, 3.8) is 0 Å². The molecule has 0 saturated carbocycles. The number of pyridine rings is 1. The van der Waals surface area contributed by atoms with Crippen LogP contribution in [0.5, 0.6) is 0 Å². The van der Waals surface area contributed by atoms with E-state index in [-0.39, 0.29) is 5.91 Å². The Kier molecular flexibility index (Phi) is 12.3. The number of hydrogen-bond donors (Lipinski definition) is 4. The van der Waals surface area contributed by atoms with E-state index in [2.05, 4.69) is 91.9 Å². The summed E-state index contributed by atoms with van der Waals surface area (Å²) in [5.41, 5.74) is 6.78. The number of nitrogens with one attached hydrogen (secondary N) is 4. The number of hydrogen-bond acceptors (Lipinski definition) is 9. The van der Waals surface area contributed by atoms with Gasteiger partial charge in [0.05, 0.1) is 11.9 Å². The maximum atomic E-state index is 11.5. The van der Waals surface area contributed by atoms with Crippen LogP contribution in [0.3, 0.4) is 0 Å². The fraction of sp³-hybridized carbons (Fsp3) is 0.333. The van der Waals surface area contributed by atoms with Crippen LogP contribution >= 0.6 is 0 Å². The van der Waals surface area contributed by atoms with Crippen LogP contribution in [0.4, 0.5) is 28.8 Å². The lowest BCUT2D eigenvalue weighted by Gasteiger charge is -2.28. The van der Waals surface area contributed by atoms with E-state index in [1.54, 1.807) is 12.4 Å². The summed E-state index contributed by atoms with van der Waals surface area (Å²) >= 11 is 0. The highest BCUT2D eigenvalue weighted by atomic mass is 16.5. The molecule has 0 radical (unpaired) electrons. The number of carbonyl (C=O) groups is 1. The fourth-order valence-electron chi connectivity index (χ4n) is 4.83. The lowest BCUT2D eigenvalue weighted by molar-refractivity contribution is -0.114. The van der Waals surface area contributed by atoms with Gasteiger partial charge in [-0.15, -0.1) is 0 Å². The van der Waals surface area contributed by atoms with Gasteiger partial charge in [-0.1, -0.05) is 44.6 Å². The molecule has 10 heteroatoms. The first-order chi connectivity index (χ1) is 22.2. The molecule has 0 saturated heterocycles. The smallest absolute Gasteiger partial charge is 0.229 e. The number of ether oxygens (including phenoxy) is 1. The van der Waals surface area contributed by atoms with Crippen LogP contribution in [0.2, 0.25) is 0 Å². The number of aromatic nitrogens is 3. The standard InChI is InChI=1S/C20H20N6O.C13H18N2O.C3H8/c1-12-9-22-20-25-17-7-14(10-21-11-17)3-4-15-8-16(24-19(12)26-20)5-6-18(15)23-13(2)27;1-11-7-6-8-14-13(11)16-12(2)15-9-4-3-5-10-15;1-3-2/h5-11H,3-4H2,1-2H3,(H,23,27)(H2,22,24,25,26);3-4,6-7,14H,2,5,8-10H2,1H3;3H2,1-2H3. The number of allylic oxidation sites excluding steroid dienone is 2. The number of nitrogens with zero attached hydrogens (tertiary/aromatic N) is 4. The third-order valence-electron chi connectivity index (χ3n) is 7.12. The maximum Gasteiger partial charge on any atom is 0.229 e. The number of fused-ring (bicyclic) bond motifs is 6. The van der Waals surface area contributed by atoms with E-state index in [1.165, 1.54) is 13.3 Å². The van der Waals surface area contributed by atoms with Gasteiger partial charge in [0.1, 0.15) is 5.82 Å². The molecule has 3 aliphatic heterocycles. The van der Waals surface area contributed by atoms with Gasteiger partial charge in [-0.3, -0.25) is 9.78 Å². The summed E-state index contributed by atoms with van der Waals surface area (Å²) in [4.78, 5) is 26.9. The lowest BCUT2D eigenvalue weighted by atomic mass is 10.0. The summed E-state index contributed by atoms with van der Waals surface area (Å²) in [6, 6.07) is 7.95. The Hall–Kier alpha value is -5.12. The number of dihydropyridines is 1. The molecule has 0 unspecified atom stereocenters. The molecule has 4 N–H and O–H groups in total. The van der Waals surface area contributed by atoms with Crippen molar-refractivity contribution < 1.29 is 9.53 Å². The minimum Gasteiger partial charge on any atom is -0.426 e. The van der Waals surface area contributed by atoms with Crippen molar-refractivity contribution in [2.24, 2.45) is 0 Å². The number of rotatable bonds is 4. The second-order valence-corrected chi connectivity index (χ2v) is 11.3. The third-order valence-corrected chi connectivity index (χ3v) is 7.12. The van der Waals surface area contributed by atoms with Crippen LogP contribution in [0.25, 0.3) is 0 Å². The summed E-state index contributed by atoms with van der Waals surface area (Å²) in [5.74, 6) is 2.70. The molecule has 0 fully saturated rings. The zero-order chi connectivity index (χ0) is 32.9. The molecule has 3 aliphatic rings. The second kappa shape index (κ2) is 16.8. The van der Waals surface area contributed by atoms with Gasteiger partial charge in [0.25, 0.3) is 0 Å². The van der Waals surface area contributed by atoms with E-state index >= 15 is 0 Å². The van der Waals surface area contributed by atoms with Crippen LogP contribution in [0, 0.1) is 6.92 Å². The Bertz CT molecular complexity index is 1610. The average molecular weight is 623 g/mol. The van der Waals surface area contributed by atoms with E-state index < -0.39 is 0 Å². The molecule has 242 valence electrons. The molecule has 0 spiro atoms. The highest BCUT2D eigenvalue weighted by molar-refractivity contribution is 5.90. The highest BCUT2D eigenvalue weighted by Crippen LogP contribution is 2.27. The van der Waals surface area contributed by atoms with Gasteiger partial charge in [-0.25, -0.2) is 4.98 Å². The van der Waals surface area contributed by atoms with Crippen molar-refractivity contribution >= 4 is 34.7 Å². The molecule has 0 aliphatic carbocycles. The van der Waals surface area contributed by atoms with Gasteiger partial charge in [-0.2, -0.15) is 4.98 Å². The average Bonchev–Trinajstić information content (AvgIpc) is 3.05. The predicted molar refractivity (Wildman–Crippen MR) is 187 cm³/mol. The normalized spacial score (nSPS) is 14.6. The summed E-state index contributed by atoms with van der Waals surface area (Å²) in [7, 11) is 0. The first-order valence-corrected chi connectivity index (χ1v) is 15.9. The molecule has 2 aromatic heterocycles. The summed E-state index contributed by atoms with van der Waals surface area (Å²) < 4.78 is 5.76. The first-order valence-electron chi connectivity index (χ1n) is 15.9. The molecular weight excluding hydrogens is 576 g/mol. The van der Waals surface area contributed by atoms with Crippen molar-refractivity contribution in [3.05, 3.63) is 108 Å². The molecule has 0 atom stereocenters. The number of amides is 1. The zero-order valence-electron chi connectivity index (χ0n) is 27.6. The Morgan fingerprint density at radius 3 is 2.61 bits per heavy atom. The minimum absolute atomic E-state index is 0.0842. The van der Waals surface area contributed by atoms with Crippen molar-refractivity contribution in [1.82, 2.24) is 25.2 Å². The fourth-order valence-corrected chi connectivity index (χ4v) is 4.83. The lowest BCUT2D eigenvalue weighted by Crippen LogP contribution is -2.29. The molecule has 5 heterocycles. The maximum absolute atomic E-state index is 11.5. The molecule has 10 nitrogen and oxygen atoms in total. The van der Waals surface area contributed by atoms with Gasteiger partial charge in [0.2, 0.25) is 11.9 Å². The van der Waals surface area contributed by atoms with Gasteiger partial charge >= 0.3 is 0 Å². The van der Waals surface area contributed by atoms with Crippen molar-refractivity contribution in [3.8, 4) is 0 Å². The SMILES string of the molecule is C=C(OC1=C(C)C=CCN1)N1CC=CCC1.CC(=O)Nc1ccc2cc1CCc1cncc(c1)Nc1ncc(C)c(n1)N2.CCC. The van der Waals surface area contributed by atoms with Crippen LogP contribution in [0.15, 0.2) is 91.1 Å². The Morgan fingerprint density at radius 1 is 1.04 bits per heavy atom. The number of carbonyl (C=O) groups excluding carboxylic acids is 1. The van der Waals surface area contributed by atoms with Gasteiger partial charge in [0, 0.05) is 61.5 Å². The highest BCUT2D eigenvalue weighted by Gasteiger charge is 2.14. The van der Waals surface area contributed by atoms with Gasteiger partial charge in [-0.05, 0) is 75.1 Å². The van der Waals surface area contributed by atoms with E-state index in [0.717, 1.165) is 95.8 Å². The van der Waals surface area contributed by atoms with Gasteiger partial charge in [0.15, 0.2) is 11.8 Å². The Morgan fingerprint density at radius 2 is 1.87 bits per heavy atom. The molecule has 46 heavy (non-hydrogen) atoms. The van der Waals surface area contributed by atoms with Crippen LogP contribution in [0.1, 0.15) is 57.2 Å². The van der Waals surface area contributed by atoms with Crippen LogP contribution in [-0.2, 0) is 22.4 Å². The Labute approximate surface area is 272 Å². The molecule has 6 rings (SSSR count). The van der Waals surface area contributed by atoms with E-state index in [4.69, 9.17) is 4.74 Å². The number of benzene rings is 1. The van der Waals surface area contributed by atoms with E-state index in [1.807, 2.05) is 38.2 Å². The number of aryl methyl sites for hydroxylation is 3. The minimum atomic E-state index is -0.0842. The van der Waals surface area contributed by atoms with Crippen LogP contribution in [-0.4, -0.2) is 45.4 Å². The summed E-state index contributed by atoms with van der Waals surface area (Å²) in [6.45, 7) is 16.4. The van der Waals surface area contributed by atoms with Crippen LogP contribution < -0.4 is 21.3 Å². The van der Waals surface area contributed by atoms with E-state index in [9.17, 15) is 4.79 Å². The number of anilines is 5. The summed E-state index contributed by atoms with van der Waals surface area (Å²) in [6.07, 6.45) is 17.8. The second-order valence-electron chi connectivity index (χ2n) is 11.3. The van der Waals surface area contributed by atoms with Crippen molar-refractivity contribution in [2.75, 3.05) is 35.6 Å². The quantitative estimate of drug-likeness (QED) is 0.176. The summed E-state index contributed by atoms with van der Waals surface area (Å²) in [5, 5.41) is 12.7.